The number of rotatable bonds is 4. The molecule has 158 valence electrons. The summed E-state index contributed by atoms with van der Waals surface area (Å²) in [5.74, 6) is 6.41. The normalized spacial score (nSPS) is 17.1. The quantitative estimate of drug-likeness (QED) is 0.458. The first kappa shape index (κ1) is 22.6. The Hall–Kier alpha value is -2.69. The lowest BCUT2D eigenvalue weighted by molar-refractivity contribution is -0.137. The molecular formula is C21H27F3N4O. The molecule has 1 aliphatic heterocycles. The van der Waals surface area contributed by atoms with Crippen LogP contribution in [0.4, 0.5) is 13.2 Å². The van der Waals surface area contributed by atoms with Gasteiger partial charge in [-0.05, 0) is 37.6 Å². The van der Waals surface area contributed by atoms with Crippen molar-refractivity contribution in [2.45, 2.75) is 39.4 Å². The van der Waals surface area contributed by atoms with E-state index in [9.17, 15) is 18.0 Å². The van der Waals surface area contributed by atoms with Crippen LogP contribution in [-0.2, 0) is 11.0 Å². The number of alkyl halides is 3. The number of hydrogen-bond acceptors (Lipinski definition) is 2. The molecular weight excluding hydrogens is 381 g/mol. The third-order valence-corrected chi connectivity index (χ3v) is 4.44. The lowest BCUT2D eigenvalue weighted by atomic mass is 10.1. The zero-order chi connectivity index (χ0) is 21.4. The molecule has 1 aromatic rings. The van der Waals surface area contributed by atoms with E-state index in [1.807, 2.05) is 25.7 Å². The Labute approximate surface area is 169 Å². The molecule has 1 heterocycles. The van der Waals surface area contributed by atoms with Crippen molar-refractivity contribution in [1.29, 1.82) is 0 Å². The van der Waals surface area contributed by atoms with Gasteiger partial charge in [0, 0.05) is 37.2 Å². The predicted octanol–water partition coefficient (Wildman–Crippen LogP) is 2.87. The topological polar surface area (TPSA) is 56.7 Å². The number of carbonyl (C=O) groups excluding carboxylic acids is 1. The highest BCUT2D eigenvalue weighted by molar-refractivity contribution is 5.81. The highest BCUT2D eigenvalue weighted by Crippen LogP contribution is 2.28. The van der Waals surface area contributed by atoms with E-state index in [4.69, 9.17) is 0 Å². The second-order valence-corrected chi connectivity index (χ2v) is 7.14. The SMILES string of the molecule is CCNC(=NCC#Cc1ccc(C(F)(F)F)cc1)NC1CCN(C(=O)C(C)C)C1. The predicted molar refractivity (Wildman–Crippen MR) is 107 cm³/mol. The maximum Gasteiger partial charge on any atom is 0.416 e. The van der Waals surface area contributed by atoms with Crippen LogP contribution in [0.2, 0.25) is 0 Å². The molecule has 1 atom stereocenters. The van der Waals surface area contributed by atoms with Crippen molar-refractivity contribution in [1.82, 2.24) is 15.5 Å². The molecule has 1 unspecified atom stereocenters. The molecule has 0 spiro atoms. The van der Waals surface area contributed by atoms with E-state index in [1.165, 1.54) is 12.1 Å². The highest BCUT2D eigenvalue weighted by Gasteiger charge is 2.30. The average Bonchev–Trinajstić information content (AvgIpc) is 3.12. The van der Waals surface area contributed by atoms with E-state index in [1.54, 1.807) is 0 Å². The molecule has 1 fully saturated rings. The molecule has 1 amide bonds. The minimum atomic E-state index is -4.35. The van der Waals surface area contributed by atoms with Crippen LogP contribution in [0.3, 0.4) is 0 Å². The molecule has 8 heteroatoms. The molecule has 0 bridgehead atoms. The maximum atomic E-state index is 12.6. The van der Waals surface area contributed by atoms with E-state index >= 15 is 0 Å². The third-order valence-electron chi connectivity index (χ3n) is 4.44. The average molecular weight is 408 g/mol. The summed E-state index contributed by atoms with van der Waals surface area (Å²) in [5, 5.41) is 6.46. The van der Waals surface area contributed by atoms with Gasteiger partial charge >= 0.3 is 6.18 Å². The molecule has 2 rings (SSSR count). The zero-order valence-electron chi connectivity index (χ0n) is 16.9. The lowest BCUT2D eigenvalue weighted by Crippen LogP contribution is -2.45. The molecule has 0 saturated carbocycles. The monoisotopic (exact) mass is 408 g/mol. The van der Waals surface area contributed by atoms with Crippen molar-refractivity contribution < 1.29 is 18.0 Å². The molecule has 29 heavy (non-hydrogen) atoms. The van der Waals surface area contributed by atoms with Gasteiger partial charge in [0.25, 0.3) is 0 Å². The van der Waals surface area contributed by atoms with E-state index < -0.39 is 11.7 Å². The fourth-order valence-corrected chi connectivity index (χ4v) is 2.96. The van der Waals surface area contributed by atoms with Crippen LogP contribution < -0.4 is 10.6 Å². The van der Waals surface area contributed by atoms with Crippen molar-refractivity contribution in [3.63, 3.8) is 0 Å². The van der Waals surface area contributed by atoms with Gasteiger partial charge in [0.05, 0.1) is 5.56 Å². The summed E-state index contributed by atoms with van der Waals surface area (Å²) in [5.41, 5.74) is -0.189. The summed E-state index contributed by atoms with van der Waals surface area (Å²) in [7, 11) is 0. The molecule has 2 N–H and O–H groups in total. The van der Waals surface area contributed by atoms with Crippen LogP contribution in [0, 0.1) is 17.8 Å². The smallest absolute Gasteiger partial charge is 0.357 e. The van der Waals surface area contributed by atoms with Crippen LogP contribution in [-0.4, -0.2) is 49.0 Å². The van der Waals surface area contributed by atoms with Gasteiger partial charge in [-0.15, -0.1) is 0 Å². The fraction of sp³-hybridized carbons (Fsp3) is 0.524. The minimum Gasteiger partial charge on any atom is -0.357 e. The second kappa shape index (κ2) is 10.2. The van der Waals surface area contributed by atoms with Gasteiger partial charge in [0.1, 0.15) is 6.54 Å². The lowest BCUT2D eigenvalue weighted by Gasteiger charge is -2.20. The summed E-state index contributed by atoms with van der Waals surface area (Å²) < 4.78 is 37.7. The number of halogens is 3. The van der Waals surface area contributed by atoms with E-state index in [0.29, 0.717) is 24.6 Å². The molecule has 5 nitrogen and oxygen atoms in total. The Kier molecular flexibility index (Phi) is 7.94. The van der Waals surface area contributed by atoms with Crippen LogP contribution in [0.25, 0.3) is 0 Å². The number of aliphatic imine (C=N–C) groups is 1. The van der Waals surface area contributed by atoms with Crippen molar-refractivity contribution in [3.8, 4) is 11.8 Å². The minimum absolute atomic E-state index is 0.0175. The number of benzene rings is 1. The number of nitrogens with zero attached hydrogens (tertiary/aromatic N) is 2. The number of nitrogens with one attached hydrogen (secondary N) is 2. The summed E-state index contributed by atoms with van der Waals surface area (Å²) in [6.07, 6.45) is -3.50. The fourth-order valence-electron chi connectivity index (χ4n) is 2.96. The Morgan fingerprint density at radius 3 is 2.59 bits per heavy atom. The van der Waals surface area contributed by atoms with Crippen molar-refractivity contribution >= 4 is 11.9 Å². The molecule has 1 aliphatic rings. The number of guanidine groups is 1. The van der Waals surface area contributed by atoms with E-state index in [2.05, 4.69) is 27.5 Å². The molecule has 0 aromatic heterocycles. The Bertz CT molecular complexity index is 776. The van der Waals surface area contributed by atoms with Gasteiger partial charge in [0.15, 0.2) is 5.96 Å². The zero-order valence-corrected chi connectivity index (χ0v) is 16.9. The Morgan fingerprint density at radius 1 is 1.31 bits per heavy atom. The van der Waals surface area contributed by atoms with Gasteiger partial charge in [-0.3, -0.25) is 4.79 Å². The Morgan fingerprint density at radius 2 is 2.00 bits per heavy atom. The molecule has 0 aliphatic carbocycles. The van der Waals surface area contributed by atoms with E-state index in [-0.39, 0.29) is 24.4 Å². The Balaban J connectivity index is 1.92. The number of hydrogen-bond donors (Lipinski definition) is 2. The summed E-state index contributed by atoms with van der Waals surface area (Å²) >= 11 is 0. The summed E-state index contributed by atoms with van der Waals surface area (Å²) in [4.78, 5) is 18.3. The van der Waals surface area contributed by atoms with Crippen LogP contribution in [0.1, 0.15) is 38.3 Å². The summed E-state index contributed by atoms with van der Waals surface area (Å²) in [6, 6.07) is 4.86. The maximum absolute atomic E-state index is 12.6. The number of amides is 1. The van der Waals surface area contributed by atoms with Gasteiger partial charge in [-0.25, -0.2) is 4.99 Å². The largest absolute Gasteiger partial charge is 0.416 e. The van der Waals surface area contributed by atoms with Gasteiger partial charge in [-0.2, -0.15) is 13.2 Å². The van der Waals surface area contributed by atoms with Gasteiger partial charge in [0.2, 0.25) is 5.91 Å². The first-order valence-corrected chi connectivity index (χ1v) is 9.70. The van der Waals surface area contributed by atoms with E-state index in [0.717, 1.165) is 25.1 Å². The van der Waals surface area contributed by atoms with Crippen LogP contribution in [0.5, 0.6) is 0 Å². The van der Waals surface area contributed by atoms with Gasteiger partial charge in [-0.1, -0.05) is 25.7 Å². The second-order valence-electron chi connectivity index (χ2n) is 7.14. The first-order chi connectivity index (χ1) is 13.7. The molecule has 0 radical (unpaired) electrons. The molecule has 1 saturated heterocycles. The highest BCUT2D eigenvalue weighted by atomic mass is 19.4. The van der Waals surface area contributed by atoms with Crippen LogP contribution >= 0.6 is 0 Å². The third kappa shape index (κ3) is 7.00. The first-order valence-electron chi connectivity index (χ1n) is 9.70. The number of carbonyl (C=O) groups is 1. The van der Waals surface area contributed by atoms with Gasteiger partial charge < -0.3 is 15.5 Å². The standard InChI is InChI=1S/C21H27F3N4O/c1-4-25-20(27-18-11-13-28(14-18)19(29)15(2)3)26-12-5-6-16-7-9-17(10-8-16)21(22,23)24/h7-10,15,18H,4,11-14H2,1-3H3,(H2,25,26,27). The molecule has 1 aromatic carbocycles. The van der Waals surface area contributed by atoms with Crippen LogP contribution in [0.15, 0.2) is 29.3 Å². The van der Waals surface area contributed by atoms with Crippen molar-refractivity contribution in [2.75, 3.05) is 26.2 Å². The summed E-state index contributed by atoms with van der Waals surface area (Å²) in [6.45, 7) is 7.99. The van der Waals surface area contributed by atoms with Crippen molar-refractivity contribution in [3.05, 3.63) is 35.4 Å². The number of likely N-dealkylation sites (tertiary alicyclic amines) is 1. The van der Waals surface area contributed by atoms with Crippen molar-refractivity contribution in [2.24, 2.45) is 10.9 Å².